The van der Waals surface area contributed by atoms with Crippen LogP contribution in [0.2, 0.25) is 10.0 Å². The Balaban J connectivity index is 1.80. The van der Waals surface area contributed by atoms with Crippen LogP contribution in [0.5, 0.6) is 0 Å². The maximum atomic E-state index is 13.3. The average Bonchev–Trinajstić information content (AvgIpc) is 3.13. The molecule has 0 fully saturated rings. The molecule has 138 valence electrons. The molecule has 0 spiro atoms. The molecule has 0 N–H and O–H groups in total. The fraction of sp³-hybridized carbons (Fsp3) is 0.250. The van der Waals surface area contributed by atoms with Crippen molar-refractivity contribution in [3.63, 3.8) is 0 Å². The predicted molar refractivity (Wildman–Crippen MR) is 108 cm³/mol. The van der Waals surface area contributed by atoms with Gasteiger partial charge in [-0.05, 0) is 49.2 Å². The number of carbonyl (C=O) groups is 1. The van der Waals surface area contributed by atoms with E-state index in [-0.39, 0.29) is 11.9 Å². The van der Waals surface area contributed by atoms with Crippen LogP contribution in [0.25, 0.3) is 11.1 Å². The Morgan fingerprint density at radius 2 is 2.00 bits per heavy atom. The predicted octanol–water partition coefficient (Wildman–Crippen LogP) is 5.04. The first kappa shape index (κ1) is 18.0. The van der Waals surface area contributed by atoms with Crippen molar-refractivity contribution in [3.05, 3.63) is 64.2 Å². The number of hydrogen-bond acceptors (Lipinski definition) is 3. The molecule has 0 aliphatic carbocycles. The molecule has 1 atom stereocenters. The number of benzene rings is 1. The van der Waals surface area contributed by atoms with Crippen molar-refractivity contribution in [1.29, 1.82) is 0 Å². The minimum atomic E-state index is -0.103. The monoisotopic (exact) mass is 400 g/mol. The third-order valence-corrected chi connectivity index (χ3v) is 5.55. The van der Waals surface area contributed by atoms with Crippen molar-refractivity contribution in [2.75, 3.05) is 11.4 Å². The Morgan fingerprint density at radius 1 is 1.19 bits per heavy atom. The number of hydrogen-bond donors (Lipinski definition) is 0. The minimum Gasteiger partial charge on any atom is -0.305 e. The van der Waals surface area contributed by atoms with Gasteiger partial charge in [-0.1, -0.05) is 30.1 Å². The molecule has 1 aliphatic heterocycles. The van der Waals surface area contributed by atoms with Gasteiger partial charge in [0.15, 0.2) is 0 Å². The molecule has 4 rings (SSSR count). The molecule has 1 aromatic carbocycles. The molecule has 0 bridgehead atoms. The Morgan fingerprint density at radius 3 is 2.74 bits per heavy atom. The zero-order valence-corrected chi connectivity index (χ0v) is 16.5. The fourth-order valence-electron chi connectivity index (χ4n) is 3.39. The van der Waals surface area contributed by atoms with E-state index in [0.717, 1.165) is 28.9 Å². The quantitative estimate of drug-likeness (QED) is 0.618. The Bertz CT molecular complexity index is 1030. The van der Waals surface area contributed by atoms with Crippen molar-refractivity contribution < 1.29 is 4.79 Å². The van der Waals surface area contributed by atoms with E-state index in [1.165, 1.54) is 0 Å². The molecule has 5 nitrogen and oxygen atoms in total. The summed E-state index contributed by atoms with van der Waals surface area (Å²) in [5, 5.41) is 5.37. The molecule has 27 heavy (non-hydrogen) atoms. The maximum absolute atomic E-state index is 13.3. The van der Waals surface area contributed by atoms with Gasteiger partial charge in [-0.25, -0.2) is 0 Å². The van der Waals surface area contributed by atoms with Crippen molar-refractivity contribution in [2.45, 2.75) is 26.3 Å². The number of aryl methyl sites for hydroxylation is 1. The van der Waals surface area contributed by atoms with Gasteiger partial charge in [0.25, 0.3) is 5.91 Å². The first-order valence-corrected chi connectivity index (χ1v) is 9.55. The number of carbonyl (C=O) groups excluding carboxylic acids is 1. The molecule has 2 aromatic heterocycles. The van der Waals surface area contributed by atoms with Gasteiger partial charge in [0.1, 0.15) is 5.69 Å². The summed E-state index contributed by atoms with van der Waals surface area (Å²) < 4.78 is 1.80. The third kappa shape index (κ3) is 3.11. The van der Waals surface area contributed by atoms with E-state index in [9.17, 15) is 4.79 Å². The van der Waals surface area contributed by atoms with Crippen molar-refractivity contribution in [2.24, 2.45) is 0 Å². The average molecular weight is 401 g/mol. The highest BCUT2D eigenvalue weighted by Gasteiger charge is 2.33. The summed E-state index contributed by atoms with van der Waals surface area (Å²) in [6.07, 6.45) is 4.36. The Labute approximate surface area is 167 Å². The van der Waals surface area contributed by atoms with Gasteiger partial charge in [0.2, 0.25) is 0 Å². The first-order valence-electron chi connectivity index (χ1n) is 8.79. The van der Waals surface area contributed by atoms with E-state index in [4.69, 9.17) is 23.2 Å². The summed E-state index contributed by atoms with van der Waals surface area (Å²) in [6, 6.07) is 9.20. The summed E-state index contributed by atoms with van der Waals surface area (Å²) in [7, 11) is 0. The SMILES string of the molecule is CCc1cc(-c2cnn3c2C(=O)N(c2ccc(Cl)c(Cl)c2)C[C@@H]3C)ccn1. The number of rotatable bonds is 3. The van der Waals surface area contributed by atoms with Gasteiger partial charge in [0, 0.05) is 29.7 Å². The molecule has 1 amide bonds. The lowest BCUT2D eigenvalue weighted by Gasteiger charge is -2.32. The lowest BCUT2D eigenvalue weighted by Crippen LogP contribution is -2.42. The summed E-state index contributed by atoms with van der Waals surface area (Å²) in [5.41, 5.74) is 4.04. The number of anilines is 1. The standard InChI is InChI=1S/C20H18Cl2N4O/c1-3-14-8-13(6-7-23-14)16-10-24-26-12(2)11-25(20(27)19(16)26)15-4-5-17(21)18(22)9-15/h4-10,12H,3,11H2,1-2H3/t12-/m0/s1. The topological polar surface area (TPSA) is 51.0 Å². The lowest BCUT2D eigenvalue weighted by atomic mass is 10.0. The number of nitrogens with zero attached hydrogens (tertiary/aromatic N) is 4. The summed E-state index contributed by atoms with van der Waals surface area (Å²) in [5.74, 6) is -0.103. The molecule has 0 radical (unpaired) electrons. The van der Waals surface area contributed by atoms with Crippen LogP contribution < -0.4 is 4.90 Å². The highest BCUT2D eigenvalue weighted by atomic mass is 35.5. The van der Waals surface area contributed by atoms with Crippen LogP contribution in [0, 0.1) is 0 Å². The van der Waals surface area contributed by atoms with Crippen molar-refractivity contribution >= 4 is 34.8 Å². The molecule has 0 saturated heterocycles. The highest BCUT2D eigenvalue weighted by molar-refractivity contribution is 6.42. The summed E-state index contributed by atoms with van der Waals surface area (Å²) in [4.78, 5) is 19.4. The summed E-state index contributed by atoms with van der Waals surface area (Å²) >= 11 is 12.2. The Kier molecular flexibility index (Phi) is 4.66. The fourth-order valence-corrected chi connectivity index (χ4v) is 3.68. The van der Waals surface area contributed by atoms with Crippen LogP contribution in [0.4, 0.5) is 5.69 Å². The number of fused-ring (bicyclic) bond motifs is 1. The normalized spacial score (nSPS) is 16.5. The zero-order valence-electron chi connectivity index (χ0n) is 15.0. The second kappa shape index (κ2) is 6.98. The van der Waals surface area contributed by atoms with E-state index in [1.54, 1.807) is 34.1 Å². The molecule has 7 heteroatoms. The van der Waals surface area contributed by atoms with Gasteiger partial charge in [0.05, 0.1) is 22.3 Å². The first-order chi connectivity index (χ1) is 13.0. The molecule has 3 aromatic rings. The van der Waals surface area contributed by atoms with Crippen LogP contribution in [0.1, 0.15) is 36.1 Å². The second-order valence-electron chi connectivity index (χ2n) is 6.60. The van der Waals surface area contributed by atoms with E-state index in [1.807, 2.05) is 25.1 Å². The van der Waals surface area contributed by atoms with Gasteiger partial charge in [-0.2, -0.15) is 5.10 Å². The molecule has 0 unspecified atom stereocenters. The smallest absolute Gasteiger partial charge is 0.277 e. The maximum Gasteiger partial charge on any atom is 0.277 e. The molecular weight excluding hydrogens is 383 g/mol. The lowest BCUT2D eigenvalue weighted by molar-refractivity contribution is 0.0954. The van der Waals surface area contributed by atoms with Gasteiger partial charge in [-0.3, -0.25) is 14.5 Å². The number of pyridine rings is 1. The van der Waals surface area contributed by atoms with Crippen LogP contribution >= 0.6 is 23.2 Å². The minimum absolute atomic E-state index is 0.0355. The van der Waals surface area contributed by atoms with Crippen LogP contribution in [0.3, 0.4) is 0 Å². The van der Waals surface area contributed by atoms with Gasteiger partial charge >= 0.3 is 0 Å². The van der Waals surface area contributed by atoms with Crippen LogP contribution in [-0.2, 0) is 6.42 Å². The number of halogens is 2. The zero-order chi connectivity index (χ0) is 19.1. The number of aromatic nitrogens is 3. The molecule has 3 heterocycles. The van der Waals surface area contributed by atoms with Crippen LogP contribution in [0.15, 0.2) is 42.7 Å². The van der Waals surface area contributed by atoms with E-state index in [0.29, 0.717) is 22.3 Å². The van der Waals surface area contributed by atoms with E-state index >= 15 is 0 Å². The largest absolute Gasteiger partial charge is 0.305 e. The van der Waals surface area contributed by atoms with Crippen molar-refractivity contribution in [3.8, 4) is 11.1 Å². The summed E-state index contributed by atoms with van der Waals surface area (Å²) in [6.45, 7) is 4.61. The van der Waals surface area contributed by atoms with Crippen LogP contribution in [-0.4, -0.2) is 27.2 Å². The molecule has 1 aliphatic rings. The van der Waals surface area contributed by atoms with E-state index < -0.39 is 0 Å². The van der Waals surface area contributed by atoms with Gasteiger partial charge in [-0.15, -0.1) is 0 Å². The van der Waals surface area contributed by atoms with Crippen molar-refractivity contribution in [1.82, 2.24) is 14.8 Å². The third-order valence-electron chi connectivity index (χ3n) is 4.81. The Hall–Kier alpha value is -2.37. The molecule has 0 saturated carbocycles. The second-order valence-corrected chi connectivity index (χ2v) is 7.42. The van der Waals surface area contributed by atoms with Gasteiger partial charge < -0.3 is 4.90 Å². The van der Waals surface area contributed by atoms with E-state index in [2.05, 4.69) is 17.0 Å². The highest BCUT2D eigenvalue weighted by Crippen LogP contribution is 2.34. The number of amides is 1. The molecular formula is C20H18Cl2N4O.